The van der Waals surface area contributed by atoms with Gasteiger partial charge in [0.15, 0.2) is 0 Å². The standard InChI is InChI=1S/C25H25NO3/c1-16-13-18(14-17(2)24(16)27)11-12-26-25(28)29-15-23-21-9-5-3-7-19(21)20-8-4-6-10-22(20)23/h3-10,13-14,23,27H,11-12,15H2,1-2H3,(H,26,28). The van der Waals surface area contributed by atoms with Crippen LogP contribution in [0.3, 0.4) is 0 Å². The van der Waals surface area contributed by atoms with Gasteiger partial charge in [-0.25, -0.2) is 4.79 Å². The van der Waals surface area contributed by atoms with Gasteiger partial charge in [0.1, 0.15) is 12.4 Å². The van der Waals surface area contributed by atoms with E-state index in [0.717, 1.165) is 16.7 Å². The first kappa shape index (κ1) is 19.1. The Kier molecular flexibility index (Phi) is 5.26. The van der Waals surface area contributed by atoms with E-state index in [1.165, 1.54) is 22.3 Å². The first-order valence-corrected chi connectivity index (χ1v) is 9.92. The lowest BCUT2D eigenvalue weighted by atomic mass is 9.98. The molecule has 4 nitrogen and oxygen atoms in total. The highest BCUT2D eigenvalue weighted by Crippen LogP contribution is 2.44. The van der Waals surface area contributed by atoms with Gasteiger partial charge in [-0.3, -0.25) is 0 Å². The highest BCUT2D eigenvalue weighted by atomic mass is 16.5. The molecule has 148 valence electrons. The van der Waals surface area contributed by atoms with Crippen molar-refractivity contribution in [2.45, 2.75) is 26.2 Å². The molecule has 2 N–H and O–H groups in total. The fourth-order valence-electron chi connectivity index (χ4n) is 4.15. The van der Waals surface area contributed by atoms with E-state index in [-0.39, 0.29) is 5.92 Å². The van der Waals surface area contributed by atoms with Crippen LogP contribution in [0.4, 0.5) is 4.79 Å². The number of hydrogen-bond donors (Lipinski definition) is 2. The largest absolute Gasteiger partial charge is 0.507 e. The number of carbonyl (C=O) groups excluding carboxylic acids is 1. The van der Waals surface area contributed by atoms with E-state index in [4.69, 9.17) is 4.74 Å². The Balaban J connectivity index is 1.35. The number of ether oxygens (including phenoxy) is 1. The Labute approximate surface area is 171 Å². The molecule has 1 amide bonds. The van der Waals surface area contributed by atoms with Crippen LogP contribution in [0.15, 0.2) is 60.7 Å². The quantitative estimate of drug-likeness (QED) is 0.641. The van der Waals surface area contributed by atoms with E-state index >= 15 is 0 Å². The topological polar surface area (TPSA) is 58.6 Å². The molecule has 0 fully saturated rings. The lowest BCUT2D eigenvalue weighted by Crippen LogP contribution is -2.28. The molecule has 29 heavy (non-hydrogen) atoms. The number of fused-ring (bicyclic) bond motifs is 3. The Morgan fingerprint density at radius 3 is 2.10 bits per heavy atom. The maximum absolute atomic E-state index is 12.2. The first-order chi connectivity index (χ1) is 14.0. The van der Waals surface area contributed by atoms with Crippen molar-refractivity contribution in [2.75, 3.05) is 13.2 Å². The molecule has 0 saturated carbocycles. The normalized spacial score (nSPS) is 12.3. The monoisotopic (exact) mass is 387 g/mol. The molecule has 0 heterocycles. The van der Waals surface area contributed by atoms with Gasteiger partial charge in [-0.1, -0.05) is 60.7 Å². The van der Waals surface area contributed by atoms with Gasteiger partial charge in [0.25, 0.3) is 0 Å². The zero-order valence-corrected chi connectivity index (χ0v) is 16.7. The van der Waals surface area contributed by atoms with Crippen LogP contribution in [0.1, 0.15) is 33.7 Å². The van der Waals surface area contributed by atoms with Crippen molar-refractivity contribution in [1.82, 2.24) is 5.32 Å². The Hall–Kier alpha value is -3.27. The molecule has 0 radical (unpaired) electrons. The number of hydrogen-bond acceptors (Lipinski definition) is 3. The summed E-state index contributed by atoms with van der Waals surface area (Å²) in [6.07, 6.45) is 0.283. The average molecular weight is 387 g/mol. The fraction of sp³-hybridized carbons (Fsp3) is 0.240. The van der Waals surface area contributed by atoms with Gasteiger partial charge in [0.2, 0.25) is 0 Å². The van der Waals surface area contributed by atoms with Crippen molar-refractivity contribution in [3.8, 4) is 16.9 Å². The van der Waals surface area contributed by atoms with Crippen LogP contribution in [-0.4, -0.2) is 24.4 Å². The second kappa shape index (κ2) is 8.00. The summed E-state index contributed by atoms with van der Waals surface area (Å²) >= 11 is 0. The molecule has 0 atom stereocenters. The lowest BCUT2D eigenvalue weighted by Gasteiger charge is -2.15. The minimum atomic E-state index is -0.404. The molecule has 1 aliphatic rings. The minimum Gasteiger partial charge on any atom is -0.507 e. The van der Waals surface area contributed by atoms with E-state index in [2.05, 4.69) is 29.6 Å². The number of carbonyl (C=O) groups is 1. The number of phenolic OH excluding ortho intramolecular Hbond substituents is 1. The molecule has 1 aliphatic carbocycles. The summed E-state index contributed by atoms with van der Waals surface area (Å²) in [7, 11) is 0. The molecule has 0 spiro atoms. The third-order valence-corrected chi connectivity index (χ3v) is 5.58. The first-order valence-electron chi connectivity index (χ1n) is 9.92. The van der Waals surface area contributed by atoms with Crippen LogP contribution >= 0.6 is 0 Å². The number of aryl methyl sites for hydroxylation is 2. The summed E-state index contributed by atoms with van der Waals surface area (Å²) in [5.41, 5.74) is 7.62. The average Bonchev–Trinajstić information content (AvgIpc) is 3.04. The number of aromatic hydroxyl groups is 1. The van der Waals surface area contributed by atoms with Crippen molar-refractivity contribution >= 4 is 6.09 Å². The number of benzene rings is 3. The van der Waals surface area contributed by atoms with Crippen LogP contribution in [0.5, 0.6) is 5.75 Å². The van der Waals surface area contributed by atoms with Crippen LogP contribution < -0.4 is 5.32 Å². The Morgan fingerprint density at radius 2 is 1.52 bits per heavy atom. The summed E-state index contributed by atoms with van der Waals surface area (Å²) in [6, 6.07) is 20.5. The van der Waals surface area contributed by atoms with Gasteiger partial charge < -0.3 is 15.2 Å². The summed E-state index contributed by atoms with van der Waals surface area (Å²) in [4.78, 5) is 12.2. The number of alkyl carbamates (subject to hydrolysis) is 1. The molecule has 0 bridgehead atoms. The van der Waals surface area contributed by atoms with Crippen molar-refractivity contribution in [2.24, 2.45) is 0 Å². The van der Waals surface area contributed by atoms with Crippen LogP contribution in [0, 0.1) is 13.8 Å². The zero-order valence-electron chi connectivity index (χ0n) is 16.7. The highest BCUT2D eigenvalue weighted by Gasteiger charge is 2.28. The highest BCUT2D eigenvalue weighted by molar-refractivity contribution is 5.79. The van der Waals surface area contributed by atoms with Gasteiger partial charge in [0, 0.05) is 12.5 Å². The SMILES string of the molecule is Cc1cc(CCNC(=O)OCC2c3ccccc3-c3ccccc32)cc(C)c1O. The Morgan fingerprint density at radius 1 is 0.966 bits per heavy atom. The third-order valence-electron chi connectivity index (χ3n) is 5.58. The van der Waals surface area contributed by atoms with Crippen LogP contribution in [0.25, 0.3) is 11.1 Å². The molecule has 0 saturated heterocycles. The summed E-state index contributed by atoms with van der Waals surface area (Å²) in [5.74, 6) is 0.397. The van der Waals surface area contributed by atoms with E-state index in [1.807, 2.05) is 50.2 Å². The summed E-state index contributed by atoms with van der Waals surface area (Å²) in [6.45, 7) is 4.56. The second-order valence-corrected chi connectivity index (χ2v) is 7.58. The Bertz CT molecular complexity index is 989. The van der Waals surface area contributed by atoms with Crippen LogP contribution in [0.2, 0.25) is 0 Å². The minimum absolute atomic E-state index is 0.0653. The molecule has 4 rings (SSSR count). The smallest absolute Gasteiger partial charge is 0.407 e. The second-order valence-electron chi connectivity index (χ2n) is 7.58. The van der Waals surface area contributed by atoms with E-state index in [1.54, 1.807) is 0 Å². The van der Waals surface area contributed by atoms with Gasteiger partial charge in [-0.15, -0.1) is 0 Å². The number of phenols is 1. The van der Waals surface area contributed by atoms with Crippen molar-refractivity contribution < 1.29 is 14.6 Å². The van der Waals surface area contributed by atoms with E-state index in [0.29, 0.717) is 25.3 Å². The molecule has 0 aliphatic heterocycles. The predicted octanol–water partition coefficient (Wildman–Crippen LogP) is 5.09. The van der Waals surface area contributed by atoms with E-state index < -0.39 is 6.09 Å². The number of nitrogens with one attached hydrogen (secondary N) is 1. The lowest BCUT2D eigenvalue weighted by molar-refractivity contribution is 0.143. The van der Waals surface area contributed by atoms with Crippen molar-refractivity contribution in [3.05, 3.63) is 88.5 Å². The molecule has 3 aromatic rings. The van der Waals surface area contributed by atoms with E-state index in [9.17, 15) is 9.90 Å². The number of amides is 1. The summed E-state index contributed by atoms with van der Waals surface area (Å²) in [5, 5.41) is 12.7. The zero-order chi connectivity index (χ0) is 20.4. The fourth-order valence-corrected chi connectivity index (χ4v) is 4.15. The molecular formula is C25H25NO3. The molecule has 0 unspecified atom stereocenters. The predicted molar refractivity (Wildman–Crippen MR) is 114 cm³/mol. The number of rotatable bonds is 5. The molecule has 4 heteroatoms. The molecular weight excluding hydrogens is 362 g/mol. The third kappa shape index (κ3) is 3.83. The maximum atomic E-state index is 12.2. The van der Waals surface area contributed by atoms with Gasteiger partial charge in [-0.2, -0.15) is 0 Å². The van der Waals surface area contributed by atoms with Gasteiger partial charge in [-0.05, 0) is 59.2 Å². The molecule has 3 aromatic carbocycles. The van der Waals surface area contributed by atoms with Gasteiger partial charge >= 0.3 is 6.09 Å². The van der Waals surface area contributed by atoms with Crippen molar-refractivity contribution in [3.63, 3.8) is 0 Å². The molecule has 0 aromatic heterocycles. The maximum Gasteiger partial charge on any atom is 0.407 e. The van der Waals surface area contributed by atoms with Crippen LogP contribution in [-0.2, 0) is 11.2 Å². The van der Waals surface area contributed by atoms with Gasteiger partial charge in [0.05, 0.1) is 0 Å². The summed E-state index contributed by atoms with van der Waals surface area (Å²) < 4.78 is 5.55. The van der Waals surface area contributed by atoms with Crippen molar-refractivity contribution in [1.29, 1.82) is 0 Å².